The molecule has 0 aliphatic carbocycles. The molecule has 1 amide bonds. The van der Waals surface area contributed by atoms with E-state index >= 15 is 0 Å². The lowest BCUT2D eigenvalue weighted by molar-refractivity contribution is -0.116. The summed E-state index contributed by atoms with van der Waals surface area (Å²) in [6, 6.07) is 7.78. The largest absolute Gasteiger partial charge is 0.304 e. The molecule has 84 valence electrons. The number of para-hydroxylation sites is 2. The Kier molecular flexibility index (Phi) is 2.26. The third-order valence-electron chi connectivity index (χ3n) is 2.74. The Morgan fingerprint density at radius 3 is 2.65 bits per heavy atom. The molecule has 0 saturated carbocycles. The maximum atomic E-state index is 11.7. The highest BCUT2D eigenvalue weighted by Crippen LogP contribution is 2.27. The first-order valence-electron chi connectivity index (χ1n) is 5.42. The molecule has 2 heterocycles. The zero-order valence-electron chi connectivity index (χ0n) is 9.15. The minimum absolute atomic E-state index is 0.0950. The number of rotatable bonds is 2. The zero-order valence-corrected chi connectivity index (χ0v) is 9.15. The van der Waals surface area contributed by atoms with Gasteiger partial charge in [-0.05, 0) is 12.1 Å². The molecule has 1 aromatic carbocycles. The Balaban J connectivity index is 2.11. The van der Waals surface area contributed by atoms with Gasteiger partial charge in [0.1, 0.15) is 0 Å². The highest BCUT2D eigenvalue weighted by atomic mass is 16.2. The van der Waals surface area contributed by atoms with Gasteiger partial charge in [-0.25, -0.2) is 4.98 Å². The van der Waals surface area contributed by atoms with Crippen LogP contribution in [0, 0.1) is 0 Å². The molecule has 0 fully saturated rings. The van der Waals surface area contributed by atoms with E-state index in [4.69, 9.17) is 0 Å². The van der Waals surface area contributed by atoms with Crippen molar-refractivity contribution in [3.63, 3.8) is 0 Å². The van der Waals surface area contributed by atoms with E-state index in [1.807, 2.05) is 47.3 Å². The van der Waals surface area contributed by atoms with Gasteiger partial charge in [-0.2, -0.15) is 0 Å². The number of nitrogens with zero attached hydrogens (tertiary/aromatic N) is 3. The van der Waals surface area contributed by atoms with Crippen molar-refractivity contribution in [3.05, 3.63) is 55.3 Å². The van der Waals surface area contributed by atoms with Crippen LogP contribution in [0.15, 0.2) is 55.3 Å². The molecule has 0 saturated heterocycles. The van der Waals surface area contributed by atoms with Crippen molar-refractivity contribution >= 4 is 11.6 Å². The quantitative estimate of drug-likeness (QED) is 0.785. The Morgan fingerprint density at radius 2 is 2.00 bits per heavy atom. The van der Waals surface area contributed by atoms with E-state index < -0.39 is 0 Å². The van der Waals surface area contributed by atoms with Gasteiger partial charge < -0.3 is 4.57 Å². The summed E-state index contributed by atoms with van der Waals surface area (Å²) in [6.07, 6.45) is 9.47. The van der Waals surface area contributed by atoms with Gasteiger partial charge in [0.15, 0.2) is 0 Å². The van der Waals surface area contributed by atoms with E-state index in [1.165, 1.54) is 0 Å². The van der Waals surface area contributed by atoms with Gasteiger partial charge in [-0.3, -0.25) is 9.69 Å². The lowest BCUT2D eigenvalue weighted by Gasteiger charge is -2.18. The number of imidazole rings is 1. The number of anilines is 1. The molecule has 0 atom stereocenters. The maximum Gasteiger partial charge on any atom is 0.234 e. The first-order valence-corrected chi connectivity index (χ1v) is 5.42. The Labute approximate surface area is 98.8 Å². The second-order valence-corrected chi connectivity index (χ2v) is 3.81. The molecular weight excluding hydrogens is 214 g/mol. The number of carbonyl (C=O) groups excluding carboxylic acids is 1. The van der Waals surface area contributed by atoms with Crippen LogP contribution in [0.5, 0.6) is 0 Å². The van der Waals surface area contributed by atoms with Crippen molar-refractivity contribution in [2.24, 2.45) is 0 Å². The molecular formula is C13H11N3O. The van der Waals surface area contributed by atoms with E-state index in [1.54, 1.807) is 17.4 Å². The minimum atomic E-state index is 0.0950. The summed E-state index contributed by atoms with van der Waals surface area (Å²) >= 11 is 0. The van der Waals surface area contributed by atoms with Gasteiger partial charge in [0.05, 0.1) is 17.7 Å². The molecule has 3 rings (SSSR count). The molecule has 1 aromatic heterocycles. The van der Waals surface area contributed by atoms with Crippen molar-refractivity contribution in [3.8, 4) is 5.69 Å². The molecule has 1 aliphatic rings. The van der Waals surface area contributed by atoms with Crippen molar-refractivity contribution in [2.45, 2.75) is 6.42 Å². The summed E-state index contributed by atoms with van der Waals surface area (Å²) in [6.45, 7) is 0. The van der Waals surface area contributed by atoms with E-state index in [0.717, 1.165) is 11.4 Å². The molecule has 0 N–H and O–H groups in total. The molecule has 1 aliphatic heterocycles. The Hall–Kier alpha value is -2.36. The van der Waals surface area contributed by atoms with Crippen LogP contribution in [0.2, 0.25) is 0 Å². The third kappa shape index (κ3) is 1.63. The predicted octanol–water partition coefficient (Wildman–Crippen LogP) is 2.12. The van der Waals surface area contributed by atoms with Crippen molar-refractivity contribution in [2.75, 3.05) is 4.90 Å². The van der Waals surface area contributed by atoms with E-state index in [9.17, 15) is 4.79 Å². The number of aromatic nitrogens is 2. The smallest absolute Gasteiger partial charge is 0.234 e. The summed E-state index contributed by atoms with van der Waals surface area (Å²) in [5.41, 5.74) is 1.83. The zero-order chi connectivity index (χ0) is 11.7. The fourth-order valence-electron chi connectivity index (χ4n) is 1.94. The van der Waals surface area contributed by atoms with Gasteiger partial charge >= 0.3 is 0 Å². The van der Waals surface area contributed by atoms with Crippen LogP contribution in [-0.2, 0) is 4.79 Å². The summed E-state index contributed by atoms with van der Waals surface area (Å²) in [7, 11) is 0. The van der Waals surface area contributed by atoms with Crippen LogP contribution < -0.4 is 4.90 Å². The first-order chi connectivity index (χ1) is 8.36. The standard InChI is InChI=1S/C13H11N3O/c17-13-6-3-8-16(13)12-5-2-1-4-11(12)15-9-7-14-10-15/h1-5,7-10H,6H2. The molecule has 0 bridgehead atoms. The second-order valence-electron chi connectivity index (χ2n) is 3.81. The summed E-state index contributed by atoms with van der Waals surface area (Å²) in [5.74, 6) is 0.0950. The Morgan fingerprint density at radius 1 is 1.18 bits per heavy atom. The SMILES string of the molecule is O=C1CC=CN1c1ccccc1-n1ccnc1. The highest BCUT2D eigenvalue weighted by Gasteiger charge is 2.19. The van der Waals surface area contributed by atoms with Crippen LogP contribution in [0.25, 0.3) is 5.69 Å². The third-order valence-corrected chi connectivity index (χ3v) is 2.74. The van der Waals surface area contributed by atoms with Crippen LogP contribution in [0.1, 0.15) is 6.42 Å². The monoisotopic (exact) mass is 225 g/mol. The first kappa shape index (κ1) is 9.84. The molecule has 4 heteroatoms. The van der Waals surface area contributed by atoms with Crippen LogP contribution >= 0.6 is 0 Å². The molecule has 0 radical (unpaired) electrons. The van der Waals surface area contributed by atoms with E-state index in [2.05, 4.69) is 4.98 Å². The van der Waals surface area contributed by atoms with Gasteiger partial charge in [-0.15, -0.1) is 0 Å². The number of hydrogen-bond donors (Lipinski definition) is 0. The lowest BCUT2D eigenvalue weighted by Crippen LogP contribution is -2.21. The average Bonchev–Trinajstić information content (AvgIpc) is 3.00. The summed E-state index contributed by atoms with van der Waals surface area (Å²) in [5, 5.41) is 0. The van der Waals surface area contributed by atoms with E-state index in [0.29, 0.717) is 6.42 Å². The van der Waals surface area contributed by atoms with Crippen molar-refractivity contribution < 1.29 is 4.79 Å². The van der Waals surface area contributed by atoms with Crippen molar-refractivity contribution in [1.29, 1.82) is 0 Å². The molecule has 0 unspecified atom stereocenters. The van der Waals surface area contributed by atoms with Gasteiger partial charge in [0, 0.05) is 25.0 Å². The summed E-state index contributed by atoms with van der Waals surface area (Å²) < 4.78 is 1.90. The number of benzene rings is 1. The number of hydrogen-bond acceptors (Lipinski definition) is 2. The fraction of sp³-hybridized carbons (Fsp3) is 0.0769. The number of carbonyl (C=O) groups is 1. The van der Waals surface area contributed by atoms with Gasteiger partial charge in [0.25, 0.3) is 0 Å². The average molecular weight is 225 g/mol. The normalized spacial score (nSPS) is 14.6. The second kappa shape index (κ2) is 3.90. The molecule has 2 aromatic rings. The minimum Gasteiger partial charge on any atom is -0.304 e. The summed E-state index contributed by atoms with van der Waals surface area (Å²) in [4.78, 5) is 17.4. The maximum absolute atomic E-state index is 11.7. The number of amides is 1. The molecule has 0 spiro atoms. The molecule has 17 heavy (non-hydrogen) atoms. The topological polar surface area (TPSA) is 38.1 Å². The molecule has 4 nitrogen and oxygen atoms in total. The fourth-order valence-corrected chi connectivity index (χ4v) is 1.94. The van der Waals surface area contributed by atoms with Gasteiger partial charge in [-0.1, -0.05) is 18.2 Å². The van der Waals surface area contributed by atoms with Crippen LogP contribution in [0.3, 0.4) is 0 Å². The van der Waals surface area contributed by atoms with Gasteiger partial charge in [0.2, 0.25) is 5.91 Å². The van der Waals surface area contributed by atoms with Crippen LogP contribution in [-0.4, -0.2) is 15.5 Å². The highest BCUT2D eigenvalue weighted by molar-refractivity contribution is 6.00. The van der Waals surface area contributed by atoms with Crippen molar-refractivity contribution in [1.82, 2.24) is 9.55 Å². The predicted molar refractivity (Wildman–Crippen MR) is 64.8 cm³/mol. The van der Waals surface area contributed by atoms with E-state index in [-0.39, 0.29) is 5.91 Å². The lowest BCUT2D eigenvalue weighted by atomic mass is 10.2. The Bertz CT molecular complexity index is 572. The van der Waals surface area contributed by atoms with Crippen LogP contribution in [0.4, 0.5) is 5.69 Å².